The first-order valence-corrected chi connectivity index (χ1v) is 15.1. The summed E-state index contributed by atoms with van der Waals surface area (Å²) >= 11 is 11.7. The molecule has 0 radical (unpaired) electrons. The zero-order valence-corrected chi connectivity index (χ0v) is 25.4. The van der Waals surface area contributed by atoms with Crippen molar-refractivity contribution in [3.63, 3.8) is 0 Å². The van der Waals surface area contributed by atoms with Gasteiger partial charge >= 0.3 is 0 Å². The number of halogens is 2. The maximum Gasteiger partial charge on any atom is 0.237 e. The van der Waals surface area contributed by atoms with E-state index in [0.717, 1.165) is 23.4 Å². The fourth-order valence-corrected chi connectivity index (χ4v) is 6.40. The van der Waals surface area contributed by atoms with E-state index < -0.39 is 11.5 Å². The Hall–Kier alpha value is -3.99. The minimum Gasteiger partial charge on any atom is -0.493 e. The number of ether oxygens (including phenoxy) is 1. The maximum atomic E-state index is 13.5. The molecule has 0 unspecified atom stereocenters. The van der Waals surface area contributed by atoms with E-state index in [0.29, 0.717) is 59.6 Å². The highest BCUT2D eigenvalue weighted by Gasteiger charge is 2.56. The zero-order chi connectivity index (χ0) is 30.6. The number of rotatable bonds is 4. The molecule has 7 nitrogen and oxygen atoms in total. The summed E-state index contributed by atoms with van der Waals surface area (Å²) in [5.74, 6) is 3.33. The first kappa shape index (κ1) is 30.5. The molecule has 3 amide bonds. The molecule has 6 rings (SSSR count). The van der Waals surface area contributed by atoms with Crippen LogP contribution in [0.2, 0.25) is 10.0 Å². The van der Waals surface area contributed by atoms with Crippen molar-refractivity contribution in [3.05, 3.63) is 93.5 Å². The van der Waals surface area contributed by atoms with Crippen LogP contribution in [0.3, 0.4) is 0 Å². The van der Waals surface area contributed by atoms with Gasteiger partial charge in [0.05, 0.1) is 12.6 Å². The molecule has 3 aliphatic heterocycles. The average molecular weight is 619 g/mol. The molecule has 3 aromatic rings. The summed E-state index contributed by atoms with van der Waals surface area (Å²) in [5, 5.41) is 7.36. The number of hydrogen-bond donors (Lipinski definition) is 2. The minimum atomic E-state index is -1.01. The minimum absolute atomic E-state index is 0.0938. The van der Waals surface area contributed by atoms with Crippen LogP contribution in [0.15, 0.2) is 66.7 Å². The van der Waals surface area contributed by atoms with E-state index in [4.69, 9.17) is 34.4 Å². The van der Waals surface area contributed by atoms with Crippen LogP contribution in [0.25, 0.3) is 0 Å². The molecule has 43 heavy (non-hydrogen) atoms. The molecule has 3 aliphatic rings. The lowest BCUT2D eigenvalue weighted by atomic mass is 9.67. The summed E-state index contributed by atoms with van der Waals surface area (Å²) in [4.78, 5) is 39.7. The van der Waals surface area contributed by atoms with Crippen molar-refractivity contribution in [1.82, 2.24) is 10.2 Å². The van der Waals surface area contributed by atoms with Crippen molar-refractivity contribution in [2.24, 2.45) is 5.92 Å². The fourth-order valence-electron chi connectivity index (χ4n) is 6.09. The molecule has 0 saturated carbocycles. The SMILES string of the molecule is C#Cc1ccc(OCC2CCN(C(C)=O)CC2)c([C@H]2NC(=O)CC[C@]23C(=O)Nc2cc(Cl)ccc23)c1.Clc1ccccc1. The Labute approximate surface area is 261 Å². The lowest BCUT2D eigenvalue weighted by Crippen LogP contribution is -2.52. The highest BCUT2D eigenvalue weighted by atomic mass is 35.5. The van der Waals surface area contributed by atoms with Gasteiger partial charge < -0.3 is 20.3 Å². The van der Waals surface area contributed by atoms with Gasteiger partial charge in [-0.15, -0.1) is 6.42 Å². The van der Waals surface area contributed by atoms with Gasteiger partial charge in [0.1, 0.15) is 11.2 Å². The Morgan fingerprint density at radius 1 is 1.05 bits per heavy atom. The molecular formula is C34H33Cl2N3O4. The molecule has 2 atom stereocenters. The van der Waals surface area contributed by atoms with Crippen molar-refractivity contribution in [3.8, 4) is 18.1 Å². The van der Waals surface area contributed by atoms with Crippen molar-refractivity contribution < 1.29 is 19.1 Å². The molecule has 0 bridgehead atoms. The molecule has 222 valence electrons. The van der Waals surface area contributed by atoms with Crippen molar-refractivity contribution in [2.75, 3.05) is 25.0 Å². The third-order valence-electron chi connectivity index (χ3n) is 8.42. The number of nitrogens with zero attached hydrogens (tertiary/aromatic N) is 1. The zero-order valence-electron chi connectivity index (χ0n) is 23.9. The van der Waals surface area contributed by atoms with Gasteiger partial charge in [0.15, 0.2) is 0 Å². The molecule has 2 saturated heterocycles. The molecule has 9 heteroatoms. The molecule has 2 N–H and O–H groups in total. The highest BCUT2D eigenvalue weighted by Crippen LogP contribution is 2.52. The number of fused-ring (bicyclic) bond motifs is 2. The monoisotopic (exact) mass is 617 g/mol. The summed E-state index contributed by atoms with van der Waals surface area (Å²) < 4.78 is 6.33. The standard InChI is InChI=1S/C28H28ClN3O4.C6H5Cl/c1-3-18-4-7-24(36-16-19-9-12-32(13-10-19)17(2)33)21(14-18)26-28(11-8-25(34)31-26)22-6-5-20(29)15-23(22)30-27(28)35;7-6-4-2-1-3-5-6/h1,4-7,14-15,19,26H,8-13,16H2,2H3,(H,30,35)(H,31,34);1-5H/t26-,28-;/m1./s1. The van der Waals surface area contributed by atoms with Crippen LogP contribution in [0.1, 0.15) is 55.3 Å². The average Bonchev–Trinajstić information content (AvgIpc) is 3.28. The van der Waals surface area contributed by atoms with Crippen LogP contribution in [0.5, 0.6) is 5.75 Å². The molecular weight excluding hydrogens is 585 g/mol. The normalized spacial score (nSPS) is 21.2. The molecule has 2 fully saturated rings. The number of benzene rings is 3. The van der Waals surface area contributed by atoms with Gasteiger partial charge in [-0.25, -0.2) is 0 Å². The summed E-state index contributed by atoms with van der Waals surface area (Å²) in [5.41, 5.74) is 1.76. The van der Waals surface area contributed by atoms with E-state index in [9.17, 15) is 14.4 Å². The van der Waals surface area contributed by atoms with Crippen LogP contribution < -0.4 is 15.4 Å². The van der Waals surface area contributed by atoms with Crippen LogP contribution in [-0.4, -0.2) is 42.3 Å². The van der Waals surface area contributed by atoms with Crippen LogP contribution in [0.4, 0.5) is 5.69 Å². The van der Waals surface area contributed by atoms with E-state index in [-0.39, 0.29) is 24.1 Å². The lowest BCUT2D eigenvalue weighted by molar-refractivity contribution is -0.131. The third kappa shape index (κ3) is 6.51. The summed E-state index contributed by atoms with van der Waals surface area (Å²) in [7, 11) is 0. The Morgan fingerprint density at radius 2 is 1.79 bits per heavy atom. The molecule has 0 aliphatic carbocycles. The Bertz CT molecular complexity index is 1560. The van der Waals surface area contributed by atoms with Gasteiger partial charge in [-0.05, 0) is 73.2 Å². The predicted molar refractivity (Wildman–Crippen MR) is 168 cm³/mol. The van der Waals surface area contributed by atoms with Gasteiger partial charge in [-0.1, -0.05) is 53.4 Å². The highest BCUT2D eigenvalue weighted by molar-refractivity contribution is 6.31. The first-order valence-electron chi connectivity index (χ1n) is 14.3. The topological polar surface area (TPSA) is 87.7 Å². The molecule has 0 aromatic heterocycles. The van der Waals surface area contributed by atoms with Gasteiger partial charge in [0.25, 0.3) is 0 Å². The van der Waals surface area contributed by atoms with Crippen molar-refractivity contribution >= 4 is 46.6 Å². The number of nitrogens with one attached hydrogen (secondary N) is 2. The van der Waals surface area contributed by atoms with Gasteiger partial charge in [0.2, 0.25) is 17.7 Å². The van der Waals surface area contributed by atoms with E-state index in [1.807, 2.05) is 53.4 Å². The molecule has 1 spiro atoms. The number of anilines is 1. The number of amides is 3. The Morgan fingerprint density at radius 3 is 2.44 bits per heavy atom. The van der Waals surface area contributed by atoms with E-state index in [2.05, 4.69) is 16.6 Å². The van der Waals surface area contributed by atoms with E-state index >= 15 is 0 Å². The lowest BCUT2D eigenvalue weighted by Gasteiger charge is -2.41. The smallest absolute Gasteiger partial charge is 0.237 e. The number of hydrogen-bond acceptors (Lipinski definition) is 4. The quantitative estimate of drug-likeness (QED) is 0.344. The number of likely N-dealkylation sites (tertiary alicyclic amines) is 1. The van der Waals surface area contributed by atoms with Crippen LogP contribution >= 0.6 is 23.2 Å². The number of carbonyl (C=O) groups is 3. The van der Waals surface area contributed by atoms with Crippen molar-refractivity contribution in [1.29, 1.82) is 0 Å². The Kier molecular flexibility index (Phi) is 9.29. The Balaban J connectivity index is 0.000000463. The second kappa shape index (κ2) is 13.1. The van der Waals surface area contributed by atoms with Gasteiger partial charge in [0, 0.05) is 53.3 Å². The first-order chi connectivity index (χ1) is 20.7. The second-order valence-electron chi connectivity index (χ2n) is 11.1. The second-order valence-corrected chi connectivity index (χ2v) is 11.9. The van der Waals surface area contributed by atoms with Crippen LogP contribution in [-0.2, 0) is 19.8 Å². The van der Waals surface area contributed by atoms with Crippen molar-refractivity contribution in [2.45, 2.75) is 44.1 Å². The molecule has 3 aromatic carbocycles. The van der Waals surface area contributed by atoms with E-state index in [1.165, 1.54) is 0 Å². The largest absolute Gasteiger partial charge is 0.493 e. The van der Waals surface area contributed by atoms with Gasteiger partial charge in [-0.3, -0.25) is 14.4 Å². The van der Waals surface area contributed by atoms with Gasteiger partial charge in [-0.2, -0.15) is 0 Å². The summed E-state index contributed by atoms with van der Waals surface area (Å²) in [6.07, 6.45) is 8.02. The van der Waals surface area contributed by atoms with E-state index in [1.54, 1.807) is 25.1 Å². The predicted octanol–water partition coefficient (Wildman–Crippen LogP) is 6.14. The number of terminal acetylenes is 1. The van der Waals surface area contributed by atoms with Crippen LogP contribution in [0, 0.1) is 18.3 Å². The fraction of sp³-hybridized carbons (Fsp3) is 0.324. The molecule has 3 heterocycles. The number of carbonyl (C=O) groups excluding carboxylic acids is 3. The summed E-state index contributed by atoms with van der Waals surface area (Å²) in [6.45, 7) is 3.50. The third-order valence-corrected chi connectivity index (χ3v) is 8.90. The number of piperidine rings is 2. The maximum absolute atomic E-state index is 13.5. The summed E-state index contributed by atoms with van der Waals surface area (Å²) in [6, 6.07) is 19.6.